The fourth-order valence-corrected chi connectivity index (χ4v) is 3.57. The van der Waals surface area contributed by atoms with Gasteiger partial charge < -0.3 is 15.5 Å². The molecule has 2 aliphatic rings. The molecule has 3 heterocycles. The minimum Gasteiger partial charge on any atom is -0.358 e. The fourth-order valence-electron chi connectivity index (χ4n) is 3.57. The molecule has 1 saturated heterocycles. The first kappa shape index (κ1) is 15.7. The summed E-state index contributed by atoms with van der Waals surface area (Å²) in [5, 5.41) is 12.6. The monoisotopic (exact) mass is 339 g/mol. The number of H-pyrrole nitrogens is 1. The molecule has 25 heavy (non-hydrogen) atoms. The first-order chi connectivity index (χ1) is 12.1. The summed E-state index contributed by atoms with van der Waals surface area (Å²) in [6.07, 6.45) is 4.77. The van der Waals surface area contributed by atoms with Gasteiger partial charge >= 0.3 is 0 Å². The van der Waals surface area contributed by atoms with Crippen LogP contribution in [0.25, 0.3) is 0 Å². The molecule has 7 nitrogen and oxygen atoms in total. The average Bonchev–Trinajstić information content (AvgIpc) is 3.04. The van der Waals surface area contributed by atoms with E-state index in [0.717, 1.165) is 48.4 Å². The van der Waals surface area contributed by atoms with E-state index < -0.39 is 0 Å². The van der Waals surface area contributed by atoms with Crippen molar-refractivity contribution >= 4 is 23.2 Å². The van der Waals surface area contributed by atoms with Crippen molar-refractivity contribution < 1.29 is 9.59 Å². The molecule has 2 amide bonds. The van der Waals surface area contributed by atoms with Crippen molar-refractivity contribution in [2.24, 2.45) is 0 Å². The fraction of sp³-hybridized carbons (Fsp3) is 0.389. The number of fused-ring (bicyclic) bond motifs is 3. The van der Waals surface area contributed by atoms with Crippen LogP contribution in [0.3, 0.4) is 0 Å². The lowest BCUT2D eigenvalue weighted by atomic mass is 9.97. The first-order valence-corrected chi connectivity index (χ1v) is 8.62. The van der Waals surface area contributed by atoms with Crippen LogP contribution >= 0.6 is 0 Å². The van der Waals surface area contributed by atoms with Crippen molar-refractivity contribution in [2.45, 2.75) is 38.8 Å². The van der Waals surface area contributed by atoms with Gasteiger partial charge in [0.05, 0.1) is 17.6 Å². The zero-order valence-corrected chi connectivity index (χ0v) is 14.1. The van der Waals surface area contributed by atoms with Crippen LogP contribution in [-0.4, -0.2) is 34.6 Å². The number of nitrogens with zero attached hydrogens (tertiary/aromatic N) is 2. The average molecular weight is 339 g/mol. The minimum absolute atomic E-state index is 0.0266. The van der Waals surface area contributed by atoms with E-state index in [9.17, 15) is 9.59 Å². The summed E-state index contributed by atoms with van der Waals surface area (Å²) in [5.41, 5.74) is 4.15. The number of hydrogen-bond acceptors (Lipinski definition) is 4. The van der Waals surface area contributed by atoms with E-state index in [1.165, 1.54) is 0 Å². The van der Waals surface area contributed by atoms with E-state index >= 15 is 0 Å². The molecular weight excluding hydrogens is 318 g/mol. The highest BCUT2D eigenvalue weighted by Crippen LogP contribution is 2.36. The summed E-state index contributed by atoms with van der Waals surface area (Å²) in [4.78, 5) is 26.9. The summed E-state index contributed by atoms with van der Waals surface area (Å²) in [6.45, 7) is 3.22. The minimum atomic E-state index is -0.168. The van der Waals surface area contributed by atoms with Crippen molar-refractivity contribution in [3.63, 3.8) is 0 Å². The number of benzene rings is 1. The molecule has 4 rings (SSSR count). The van der Waals surface area contributed by atoms with Crippen LogP contribution in [-0.2, 0) is 11.3 Å². The number of aromatic amines is 1. The number of hydrogen-bond donors (Lipinski definition) is 3. The van der Waals surface area contributed by atoms with Crippen molar-refractivity contribution in [3.05, 3.63) is 41.2 Å². The Morgan fingerprint density at radius 2 is 2.28 bits per heavy atom. The van der Waals surface area contributed by atoms with E-state index in [1.54, 1.807) is 12.3 Å². The number of anilines is 2. The quantitative estimate of drug-likeness (QED) is 0.797. The Hall–Kier alpha value is -2.83. The van der Waals surface area contributed by atoms with E-state index in [1.807, 2.05) is 19.1 Å². The predicted molar refractivity (Wildman–Crippen MR) is 94.6 cm³/mol. The topological polar surface area (TPSA) is 90.1 Å². The number of amides is 2. The molecular formula is C18H21N5O2. The van der Waals surface area contributed by atoms with Crippen molar-refractivity contribution in [2.75, 3.05) is 16.8 Å². The SMILES string of the molecule is Cc1[nH]ncc1CNC(=O)c1ccc2c(c1)NC(=O)C1CCCCN21. The van der Waals surface area contributed by atoms with Crippen LogP contribution in [0.5, 0.6) is 0 Å². The molecule has 3 N–H and O–H groups in total. The van der Waals surface area contributed by atoms with Crippen LogP contribution in [0, 0.1) is 6.92 Å². The smallest absolute Gasteiger partial charge is 0.251 e. The molecule has 0 spiro atoms. The summed E-state index contributed by atoms with van der Waals surface area (Å²) in [6, 6.07) is 5.44. The number of carbonyl (C=O) groups excluding carboxylic acids is 2. The lowest BCUT2D eigenvalue weighted by Gasteiger charge is -2.41. The maximum Gasteiger partial charge on any atom is 0.251 e. The van der Waals surface area contributed by atoms with Crippen molar-refractivity contribution in [1.29, 1.82) is 0 Å². The first-order valence-electron chi connectivity index (χ1n) is 8.62. The summed E-state index contributed by atoms with van der Waals surface area (Å²) < 4.78 is 0. The molecule has 0 bridgehead atoms. The zero-order chi connectivity index (χ0) is 17.4. The third-order valence-electron chi connectivity index (χ3n) is 5.01. The molecule has 1 aromatic carbocycles. The van der Waals surface area contributed by atoms with Gasteiger partial charge in [-0.2, -0.15) is 5.10 Å². The number of piperidine rings is 1. The molecule has 1 aromatic heterocycles. The van der Waals surface area contributed by atoms with Gasteiger partial charge in [0.1, 0.15) is 6.04 Å². The second-order valence-corrected chi connectivity index (χ2v) is 6.63. The van der Waals surface area contributed by atoms with Crippen LogP contribution < -0.4 is 15.5 Å². The number of aromatic nitrogens is 2. The Balaban J connectivity index is 1.53. The molecule has 2 aromatic rings. The second kappa shape index (κ2) is 6.23. The molecule has 1 unspecified atom stereocenters. The molecule has 130 valence electrons. The maximum absolute atomic E-state index is 12.4. The Bertz CT molecular complexity index is 829. The summed E-state index contributed by atoms with van der Waals surface area (Å²) in [5.74, 6) is -0.141. The van der Waals surface area contributed by atoms with E-state index in [-0.39, 0.29) is 17.9 Å². The number of nitrogens with one attached hydrogen (secondary N) is 3. The standard InChI is InChI=1S/C18H21N5O2/c1-11-13(10-20-22-11)9-19-17(24)12-5-6-15-14(8-12)21-18(25)16-4-2-3-7-23(15)16/h5-6,8,10,16H,2-4,7,9H2,1H3,(H,19,24)(H,20,22)(H,21,25). The van der Waals surface area contributed by atoms with Gasteiger partial charge in [-0.15, -0.1) is 0 Å². The van der Waals surface area contributed by atoms with Crippen LogP contribution in [0.1, 0.15) is 40.9 Å². The third-order valence-corrected chi connectivity index (χ3v) is 5.01. The van der Waals surface area contributed by atoms with Gasteiger partial charge in [0.25, 0.3) is 5.91 Å². The van der Waals surface area contributed by atoms with Gasteiger partial charge in [-0.1, -0.05) is 0 Å². The van der Waals surface area contributed by atoms with Crippen LogP contribution in [0.4, 0.5) is 11.4 Å². The number of carbonyl (C=O) groups is 2. The molecule has 0 aliphatic carbocycles. The van der Waals surface area contributed by atoms with E-state index in [2.05, 4.69) is 25.7 Å². The Kier molecular flexibility index (Phi) is 3.91. The van der Waals surface area contributed by atoms with Gasteiger partial charge in [0, 0.05) is 29.9 Å². The van der Waals surface area contributed by atoms with Crippen molar-refractivity contribution in [1.82, 2.24) is 15.5 Å². The van der Waals surface area contributed by atoms with Gasteiger partial charge in [-0.25, -0.2) is 0 Å². The normalized spacial score (nSPS) is 19.0. The Morgan fingerprint density at radius 3 is 3.08 bits per heavy atom. The molecule has 0 radical (unpaired) electrons. The zero-order valence-electron chi connectivity index (χ0n) is 14.1. The van der Waals surface area contributed by atoms with Gasteiger partial charge in [0.2, 0.25) is 5.91 Å². The van der Waals surface area contributed by atoms with Gasteiger partial charge in [-0.05, 0) is 44.4 Å². The van der Waals surface area contributed by atoms with Gasteiger partial charge in [-0.3, -0.25) is 14.7 Å². The second-order valence-electron chi connectivity index (χ2n) is 6.63. The van der Waals surface area contributed by atoms with Crippen LogP contribution in [0.15, 0.2) is 24.4 Å². The van der Waals surface area contributed by atoms with E-state index in [4.69, 9.17) is 0 Å². The Labute approximate surface area is 145 Å². The van der Waals surface area contributed by atoms with E-state index in [0.29, 0.717) is 12.1 Å². The molecule has 1 atom stereocenters. The lowest BCUT2D eigenvalue weighted by molar-refractivity contribution is -0.118. The molecule has 7 heteroatoms. The van der Waals surface area contributed by atoms with Gasteiger partial charge in [0.15, 0.2) is 0 Å². The number of rotatable bonds is 3. The predicted octanol–water partition coefficient (Wildman–Crippen LogP) is 1.96. The largest absolute Gasteiger partial charge is 0.358 e. The highest BCUT2D eigenvalue weighted by molar-refractivity contribution is 6.05. The summed E-state index contributed by atoms with van der Waals surface area (Å²) >= 11 is 0. The molecule has 2 aliphatic heterocycles. The molecule has 0 saturated carbocycles. The van der Waals surface area contributed by atoms with Crippen LogP contribution in [0.2, 0.25) is 0 Å². The number of aryl methyl sites for hydroxylation is 1. The molecule has 1 fully saturated rings. The highest BCUT2D eigenvalue weighted by Gasteiger charge is 2.34. The lowest BCUT2D eigenvalue weighted by Crippen LogP contribution is -2.50. The summed E-state index contributed by atoms with van der Waals surface area (Å²) in [7, 11) is 0. The Morgan fingerprint density at radius 1 is 1.40 bits per heavy atom. The van der Waals surface area contributed by atoms with Crippen molar-refractivity contribution in [3.8, 4) is 0 Å². The highest BCUT2D eigenvalue weighted by atomic mass is 16.2. The maximum atomic E-state index is 12.4. The third kappa shape index (κ3) is 2.86.